The summed E-state index contributed by atoms with van der Waals surface area (Å²) in [4.78, 5) is 47.6. The monoisotopic (exact) mass is 729 g/mol. The van der Waals surface area contributed by atoms with Gasteiger partial charge in [-0.1, -0.05) is 40.2 Å². The number of oxime groups is 1. The Labute approximate surface area is 283 Å². The second-order valence-electron chi connectivity index (χ2n) is 11.3. The highest BCUT2D eigenvalue weighted by atomic mass is 35.5. The number of benzene rings is 1. The van der Waals surface area contributed by atoms with E-state index in [-0.39, 0.29) is 15.2 Å². The first-order valence-electron chi connectivity index (χ1n) is 14.1. The van der Waals surface area contributed by atoms with Crippen molar-refractivity contribution in [3.8, 4) is 16.9 Å². The lowest BCUT2D eigenvalue weighted by atomic mass is 9.84. The normalized spacial score (nSPS) is 17.4. The molecule has 2 amide bonds. The van der Waals surface area contributed by atoms with Gasteiger partial charge in [0.25, 0.3) is 17.4 Å². The Kier molecular flexibility index (Phi) is 10.7. The lowest BCUT2D eigenvalue weighted by molar-refractivity contribution is -0.753. The molecule has 0 aliphatic carbocycles. The number of anilines is 1. The van der Waals surface area contributed by atoms with E-state index in [2.05, 4.69) is 19.7 Å². The van der Waals surface area contributed by atoms with Crippen molar-refractivity contribution >= 4 is 62.0 Å². The maximum absolute atomic E-state index is 13.4. The van der Waals surface area contributed by atoms with Gasteiger partial charge in [-0.2, -0.15) is 18.2 Å². The van der Waals surface area contributed by atoms with Gasteiger partial charge in [0.1, 0.15) is 28.4 Å². The molecule has 1 aliphatic heterocycles. The number of carboxylic acids is 1. The zero-order valence-electron chi connectivity index (χ0n) is 26.1. The summed E-state index contributed by atoms with van der Waals surface area (Å²) in [7, 11) is -3.12. The van der Waals surface area contributed by atoms with Crippen LogP contribution in [0.25, 0.3) is 11.1 Å². The first-order valence-corrected chi connectivity index (χ1v) is 16.7. The molecule has 1 aliphatic rings. The summed E-state index contributed by atoms with van der Waals surface area (Å²) in [5.74, 6) is -3.30. The summed E-state index contributed by atoms with van der Waals surface area (Å²) < 4.78 is 45.1. The SMILES string of the molecule is C[n+]1cc(-c2ccc(OC[C@](C)(O/N=C(\C(=O)N[C@@H]3C(=O)N(OS(=O)(=O)O)C3(C)C)c3nc(N)sc3Cl)C(=O)O)cc2)cn1CCCN. The zero-order chi connectivity index (χ0) is 35.6. The highest BCUT2D eigenvalue weighted by Crippen LogP contribution is 2.33. The van der Waals surface area contributed by atoms with Gasteiger partial charge >= 0.3 is 16.4 Å². The Balaban J connectivity index is 1.51. The highest BCUT2D eigenvalue weighted by molar-refractivity contribution is 7.80. The smallest absolute Gasteiger partial charge is 0.418 e. The number of hydrogen-bond acceptors (Lipinski definition) is 13. The maximum Gasteiger partial charge on any atom is 0.418 e. The number of carbonyl (C=O) groups is 3. The van der Waals surface area contributed by atoms with Gasteiger partial charge in [0, 0.05) is 0 Å². The minimum atomic E-state index is -5.04. The van der Waals surface area contributed by atoms with Crippen molar-refractivity contribution in [2.24, 2.45) is 17.9 Å². The Morgan fingerprint density at radius 3 is 2.48 bits per heavy atom. The number of nitrogens with one attached hydrogen (secondary N) is 1. The third-order valence-electron chi connectivity index (χ3n) is 7.27. The minimum absolute atomic E-state index is 0.0584. The molecule has 1 aromatic carbocycles. The van der Waals surface area contributed by atoms with E-state index in [1.54, 1.807) is 24.3 Å². The molecule has 21 heteroatoms. The minimum Gasteiger partial charge on any atom is -0.489 e. The number of nitrogen functional groups attached to an aromatic ring is 1. The molecule has 2 aromatic heterocycles. The topological polar surface area (TPSA) is 255 Å². The van der Waals surface area contributed by atoms with Crippen LogP contribution >= 0.6 is 22.9 Å². The van der Waals surface area contributed by atoms with Crippen molar-refractivity contribution in [1.29, 1.82) is 0 Å². The Morgan fingerprint density at radius 2 is 1.94 bits per heavy atom. The predicted molar refractivity (Wildman–Crippen MR) is 171 cm³/mol. The molecule has 0 saturated carbocycles. The molecule has 3 aromatic rings. The van der Waals surface area contributed by atoms with E-state index in [9.17, 15) is 27.9 Å². The maximum atomic E-state index is 13.4. The standard InChI is InChI=1S/C27H33ClN8O10S2/c1-26(2)20(23(38)36(26)46-48(41,42)43)32-22(37)19(18-21(28)47-25(30)31-18)33-45-27(3,24(39)40)14-44-17-8-6-15(7-9-17)16-12-34(4)35(13-16)11-5-10-29/h6-9,12-13,20H,5,10-11,14,29H2,1-4H3,(H4-,30,31,32,37,39,40,41,42,43)/p+1/b33-19-/t20-,27+/m1/s1. The summed E-state index contributed by atoms with van der Waals surface area (Å²) in [5.41, 5.74) is 8.65. The predicted octanol–water partition coefficient (Wildman–Crippen LogP) is 0.504. The zero-order valence-corrected chi connectivity index (χ0v) is 28.5. The number of carbonyl (C=O) groups excluding carboxylic acids is 2. The number of aryl methyl sites for hydroxylation is 2. The number of β-lactam (4-membered cyclic amide) rings is 1. The van der Waals surface area contributed by atoms with Crippen LogP contribution in [-0.4, -0.2) is 86.6 Å². The molecular weight excluding hydrogens is 696 g/mol. The lowest BCUT2D eigenvalue weighted by Crippen LogP contribution is -2.76. The van der Waals surface area contributed by atoms with Crippen LogP contribution in [0, 0.1) is 0 Å². The fourth-order valence-corrected chi connectivity index (χ4v) is 5.88. The third-order valence-corrected chi connectivity index (χ3v) is 8.69. The summed E-state index contributed by atoms with van der Waals surface area (Å²) in [5, 5.41) is 16.4. The number of amides is 2. The lowest BCUT2D eigenvalue weighted by Gasteiger charge is -2.50. The molecule has 4 rings (SSSR count). The van der Waals surface area contributed by atoms with Gasteiger partial charge in [0.15, 0.2) is 17.9 Å². The molecule has 7 N–H and O–H groups in total. The van der Waals surface area contributed by atoms with Crippen molar-refractivity contribution in [2.75, 3.05) is 18.9 Å². The molecule has 0 bridgehead atoms. The molecule has 0 spiro atoms. The van der Waals surface area contributed by atoms with E-state index in [0.717, 1.165) is 42.4 Å². The van der Waals surface area contributed by atoms with E-state index < -0.39 is 57.7 Å². The average molecular weight is 730 g/mol. The first kappa shape index (κ1) is 36.5. The van der Waals surface area contributed by atoms with Gasteiger partial charge in [-0.3, -0.25) is 14.1 Å². The average Bonchev–Trinajstić information content (AvgIpc) is 3.55. The van der Waals surface area contributed by atoms with Crippen molar-refractivity contribution in [3.05, 3.63) is 46.7 Å². The molecule has 48 heavy (non-hydrogen) atoms. The van der Waals surface area contributed by atoms with Crippen molar-refractivity contribution in [2.45, 2.75) is 50.9 Å². The van der Waals surface area contributed by atoms with E-state index >= 15 is 0 Å². The van der Waals surface area contributed by atoms with Crippen LogP contribution in [0.15, 0.2) is 41.8 Å². The van der Waals surface area contributed by atoms with Gasteiger partial charge in [-0.15, -0.1) is 8.97 Å². The number of hydroxylamine groups is 2. The van der Waals surface area contributed by atoms with Gasteiger partial charge in [0.05, 0.1) is 23.8 Å². The second kappa shape index (κ2) is 14.0. The van der Waals surface area contributed by atoms with Crippen LogP contribution in [0.3, 0.4) is 0 Å². The Hall–Kier alpha value is -4.34. The van der Waals surface area contributed by atoms with E-state index in [4.69, 9.17) is 37.2 Å². The largest absolute Gasteiger partial charge is 0.489 e. The molecule has 0 unspecified atom stereocenters. The van der Waals surface area contributed by atoms with Gasteiger partial charge < -0.3 is 31.5 Å². The summed E-state index contributed by atoms with van der Waals surface area (Å²) >= 11 is 7.00. The number of hydrogen-bond donors (Lipinski definition) is 5. The number of halogens is 1. The Bertz CT molecular complexity index is 1840. The number of ether oxygens (including phenoxy) is 1. The molecule has 3 heterocycles. The number of nitrogens with two attached hydrogens (primary N) is 2. The van der Waals surface area contributed by atoms with E-state index in [0.29, 0.717) is 17.4 Å². The van der Waals surface area contributed by atoms with Gasteiger partial charge in [-0.05, 0) is 51.4 Å². The fraction of sp³-hybridized carbons (Fsp3) is 0.407. The van der Waals surface area contributed by atoms with E-state index in [1.807, 2.05) is 28.8 Å². The molecule has 2 atom stereocenters. The van der Waals surface area contributed by atoms with Gasteiger partial charge in [0.2, 0.25) is 6.20 Å². The van der Waals surface area contributed by atoms with Crippen molar-refractivity contribution in [1.82, 2.24) is 20.0 Å². The number of rotatable bonds is 15. The first-order chi connectivity index (χ1) is 22.4. The quantitative estimate of drug-likeness (QED) is 0.0470. The molecule has 1 fully saturated rings. The van der Waals surface area contributed by atoms with Gasteiger partial charge in [-0.25, -0.2) is 9.78 Å². The number of carboxylic acid groups (broad SMARTS) is 1. The second-order valence-corrected chi connectivity index (χ2v) is 14.0. The van der Waals surface area contributed by atoms with Crippen molar-refractivity contribution < 1.29 is 51.0 Å². The van der Waals surface area contributed by atoms with Crippen LogP contribution < -0.4 is 26.2 Å². The van der Waals surface area contributed by atoms with Crippen LogP contribution in [0.1, 0.15) is 32.9 Å². The van der Waals surface area contributed by atoms with Crippen LogP contribution in [-0.2, 0) is 47.5 Å². The molecule has 18 nitrogen and oxygen atoms in total. The van der Waals surface area contributed by atoms with Crippen molar-refractivity contribution in [3.63, 3.8) is 0 Å². The number of aliphatic carboxylic acids is 1. The molecule has 1 saturated heterocycles. The molecule has 260 valence electrons. The summed E-state index contributed by atoms with van der Waals surface area (Å²) in [6, 6.07) is 5.54. The highest BCUT2D eigenvalue weighted by Gasteiger charge is 2.58. The third kappa shape index (κ3) is 8.02. The molecule has 0 radical (unpaired) electrons. The number of nitrogens with zero attached hydrogens (tertiary/aromatic N) is 5. The summed E-state index contributed by atoms with van der Waals surface area (Å²) in [6.07, 6.45) is 4.77. The summed E-state index contributed by atoms with van der Waals surface area (Å²) in [6.45, 7) is 4.62. The van der Waals surface area contributed by atoms with E-state index in [1.165, 1.54) is 13.8 Å². The Morgan fingerprint density at radius 1 is 1.27 bits per heavy atom. The van der Waals surface area contributed by atoms with Crippen LogP contribution in [0.5, 0.6) is 5.75 Å². The molecular formula is C27H34ClN8O10S2+. The number of thiazole rings is 1. The van der Waals surface area contributed by atoms with Crippen LogP contribution in [0.4, 0.5) is 5.13 Å². The number of aromatic nitrogens is 3. The fourth-order valence-electron chi connectivity index (χ4n) is 4.50. The van der Waals surface area contributed by atoms with Crippen LogP contribution in [0.2, 0.25) is 4.34 Å².